The minimum Gasteiger partial charge on any atom is -0.263 e. The molecular formula is C18H22N2O4S2. The van der Waals surface area contributed by atoms with E-state index in [0.717, 1.165) is 16.3 Å². The Kier molecular flexibility index (Phi) is 4.85. The number of fused-ring (bicyclic) bond motifs is 1. The molecule has 1 aliphatic rings. The van der Waals surface area contributed by atoms with Crippen molar-refractivity contribution in [3.63, 3.8) is 0 Å². The summed E-state index contributed by atoms with van der Waals surface area (Å²) in [7, 11) is -4.76. The van der Waals surface area contributed by atoms with Crippen molar-refractivity contribution in [3.8, 4) is 0 Å². The molecule has 0 fully saturated rings. The fourth-order valence-corrected chi connectivity index (χ4v) is 5.93. The highest BCUT2D eigenvalue weighted by Gasteiger charge is 2.34. The van der Waals surface area contributed by atoms with Crippen LogP contribution in [-0.2, 0) is 26.5 Å². The predicted molar refractivity (Wildman–Crippen MR) is 101 cm³/mol. The first kappa shape index (κ1) is 18.9. The molecule has 140 valence electrons. The van der Waals surface area contributed by atoms with Gasteiger partial charge < -0.3 is 0 Å². The number of anilines is 1. The minimum atomic E-state index is -3.88. The SMILES string of the molecule is C[C@H]1CCc2ccccc2N1S(=O)(=O)c1cccc(S(=O)(=O)N(C)C)c1. The molecule has 0 unspecified atom stereocenters. The van der Waals surface area contributed by atoms with Crippen LogP contribution in [0, 0.1) is 0 Å². The predicted octanol–water partition coefficient (Wildman–Crippen LogP) is 2.47. The zero-order valence-electron chi connectivity index (χ0n) is 15.0. The van der Waals surface area contributed by atoms with Crippen molar-refractivity contribution >= 4 is 25.7 Å². The van der Waals surface area contributed by atoms with Crippen LogP contribution in [0.15, 0.2) is 58.3 Å². The Bertz CT molecular complexity index is 1030. The van der Waals surface area contributed by atoms with Gasteiger partial charge in [-0.1, -0.05) is 24.3 Å². The van der Waals surface area contributed by atoms with E-state index >= 15 is 0 Å². The van der Waals surface area contributed by atoms with Gasteiger partial charge in [-0.15, -0.1) is 0 Å². The number of nitrogens with zero attached hydrogens (tertiary/aromatic N) is 2. The van der Waals surface area contributed by atoms with Crippen LogP contribution in [0.1, 0.15) is 18.9 Å². The third-order valence-electron chi connectivity index (χ3n) is 4.60. The van der Waals surface area contributed by atoms with Gasteiger partial charge >= 0.3 is 0 Å². The first-order valence-electron chi connectivity index (χ1n) is 8.30. The van der Waals surface area contributed by atoms with Gasteiger partial charge in [0.2, 0.25) is 10.0 Å². The number of rotatable bonds is 4. The summed E-state index contributed by atoms with van der Waals surface area (Å²) in [6.07, 6.45) is 1.53. The second kappa shape index (κ2) is 6.68. The van der Waals surface area contributed by atoms with E-state index in [0.29, 0.717) is 12.1 Å². The Labute approximate surface area is 155 Å². The van der Waals surface area contributed by atoms with Crippen LogP contribution in [0.5, 0.6) is 0 Å². The molecule has 0 saturated carbocycles. The van der Waals surface area contributed by atoms with E-state index in [9.17, 15) is 16.8 Å². The molecule has 0 aliphatic carbocycles. The number of sulfonamides is 2. The Balaban J connectivity index is 2.13. The molecule has 2 aromatic rings. The van der Waals surface area contributed by atoms with E-state index in [1.54, 1.807) is 6.07 Å². The standard InChI is InChI=1S/C18H22N2O4S2/c1-14-11-12-15-7-4-5-10-18(15)20(14)26(23,24)17-9-6-8-16(13-17)25(21,22)19(2)3/h4-10,13-14H,11-12H2,1-3H3/t14-/m0/s1. The fraction of sp³-hybridized carbons (Fsp3) is 0.333. The lowest BCUT2D eigenvalue weighted by molar-refractivity contribution is 0.520. The van der Waals surface area contributed by atoms with Crippen LogP contribution in [-0.4, -0.2) is 41.3 Å². The molecule has 1 atom stereocenters. The highest BCUT2D eigenvalue weighted by molar-refractivity contribution is 7.93. The van der Waals surface area contributed by atoms with Gasteiger partial charge in [-0.2, -0.15) is 0 Å². The summed E-state index contributed by atoms with van der Waals surface area (Å²) in [5.74, 6) is 0. The number of para-hydroxylation sites is 1. The van der Waals surface area contributed by atoms with Crippen molar-refractivity contribution in [2.24, 2.45) is 0 Å². The van der Waals surface area contributed by atoms with Gasteiger partial charge in [0.25, 0.3) is 10.0 Å². The van der Waals surface area contributed by atoms with Crippen molar-refractivity contribution in [1.82, 2.24) is 4.31 Å². The molecule has 0 spiro atoms. The molecular weight excluding hydrogens is 372 g/mol. The third-order valence-corrected chi connectivity index (χ3v) is 8.34. The smallest absolute Gasteiger partial charge is 0.263 e. The highest BCUT2D eigenvalue weighted by atomic mass is 32.2. The Morgan fingerprint density at radius 1 is 0.962 bits per heavy atom. The summed E-state index contributed by atoms with van der Waals surface area (Å²) in [4.78, 5) is -0.0644. The van der Waals surface area contributed by atoms with E-state index in [-0.39, 0.29) is 15.8 Å². The first-order valence-corrected chi connectivity index (χ1v) is 11.2. The van der Waals surface area contributed by atoms with Crippen LogP contribution in [0.2, 0.25) is 0 Å². The van der Waals surface area contributed by atoms with Gasteiger partial charge in [0.1, 0.15) is 0 Å². The summed E-state index contributed by atoms with van der Waals surface area (Å²) < 4.78 is 53.9. The normalized spacial score (nSPS) is 18.0. The maximum absolute atomic E-state index is 13.3. The van der Waals surface area contributed by atoms with Crippen LogP contribution in [0.4, 0.5) is 5.69 Å². The van der Waals surface area contributed by atoms with Crippen molar-refractivity contribution in [1.29, 1.82) is 0 Å². The van der Waals surface area contributed by atoms with Gasteiger partial charge in [-0.3, -0.25) is 4.31 Å². The average molecular weight is 395 g/mol. The Morgan fingerprint density at radius 2 is 1.62 bits per heavy atom. The van der Waals surface area contributed by atoms with Gasteiger partial charge in [-0.05, 0) is 49.6 Å². The fourth-order valence-electron chi connectivity index (χ4n) is 3.14. The maximum Gasteiger partial charge on any atom is 0.264 e. The van der Waals surface area contributed by atoms with E-state index in [4.69, 9.17) is 0 Å². The molecule has 26 heavy (non-hydrogen) atoms. The molecule has 0 amide bonds. The monoisotopic (exact) mass is 394 g/mol. The molecule has 0 N–H and O–H groups in total. The average Bonchev–Trinajstić information content (AvgIpc) is 2.61. The second-order valence-electron chi connectivity index (χ2n) is 6.58. The molecule has 3 rings (SSSR count). The van der Waals surface area contributed by atoms with Crippen LogP contribution in [0.3, 0.4) is 0 Å². The number of hydrogen-bond donors (Lipinski definition) is 0. The number of hydrogen-bond acceptors (Lipinski definition) is 4. The number of benzene rings is 2. The highest BCUT2D eigenvalue weighted by Crippen LogP contribution is 2.35. The zero-order valence-corrected chi connectivity index (χ0v) is 16.6. The van der Waals surface area contributed by atoms with Crippen molar-refractivity contribution in [2.75, 3.05) is 18.4 Å². The molecule has 1 heterocycles. The van der Waals surface area contributed by atoms with E-state index in [1.807, 2.05) is 25.1 Å². The third kappa shape index (κ3) is 3.13. The molecule has 0 aromatic heterocycles. The van der Waals surface area contributed by atoms with Crippen molar-refractivity contribution < 1.29 is 16.8 Å². The molecule has 8 heteroatoms. The molecule has 0 bridgehead atoms. The molecule has 1 aliphatic heterocycles. The summed E-state index contributed by atoms with van der Waals surface area (Å²) in [5.41, 5.74) is 1.64. The summed E-state index contributed by atoms with van der Waals surface area (Å²) in [6.45, 7) is 1.87. The van der Waals surface area contributed by atoms with Gasteiger partial charge in [-0.25, -0.2) is 21.1 Å². The largest absolute Gasteiger partial charge is 0.264 e. The van der Waals surface area contributed by atoms with Crippen molar-refractivity contribution in [2.45, 2.75) is 35.6 Å². The van der Waals surface area contributed by atoms with E-state index in [2.05, 4.69) is 0 Å². The van der Waals surface area contributed by atoms with Gasteiger partial charge in [0, 0.05) is 20.1 Å². The summed E-state index contributed by atoms with van der Waals surface area (Å²) in [6, 6.07) is 12.8. The van der Waals surface area contributed by atoms with E-state index in [1.165, 1.54) is 42.7 Å². The summed E-state index contributed by atoms with van der Waals surface area (Å²) >= 11 is 0. The molecule has 0 saturated heterocycles. The number of aryl methyl sites for hydroxylation is 1. The van der Waals surface area contributed by atoms with Crippen molar-refractivity contribution in [3.05, 3.63) is 54.1 Å². The van der Waals surface area contributed by atoms with Gasteiger partial charge in [0.05, 0.1) is 15.5 Å². The van der Waals surface area contributed by atoms with Crippen LogP contribution >= 0.6 is 0 Å². The molecule has 2 aromatic carbocycles. The van der Waals surface area contributed by atoms with Gasteiger partial charge in [0.15, 0.2) is 0 Å². The maximum atomic E-state index is 13.3. The lowest BCUT2D eigenvalue weighted by Gasteiger charge is -2.36. The Hall–Kier alpha value is -1.90. The summed E-state index contributed by atoms with van der Waals surface area (Å²) in [5, 5.41) is 0. The first-order chi connectivity index (χ1) is 12.2. The Morgan fingerprint density at radius 3 is 2.31 bits per heavy atom. The molecule has 6 nitrogen and oxygen atoms in total. The lowest BCUT2D eigenvalue weighted by atomic mass is 9.99. The van der Waals surface area contributed by atoms with Crippen LogP contribution in [0.25, 0.3) is 0 Å². The zero-order chi connectivity index (χ0) is 19.1. The quantitative estimate of drug-likeness (QED) is 0.798. The second-order valence-corrected chi connectivity index (χ2v) is 10.5. The molecule has 0 radical (unpaired) electrons. The topological polar surface area (TPSA) is 74.8 Å². The minimum absolute atomic E-state index is 0.0241. The van der Waals surface area contributed by atoms with E-state index < -0.39 is 20.0 Å². The lowest BCUT2D eigenvalue weighted by Crippen LogP contribution is -2.42. The van der Waals surface area contributed by atoms with Crippen LogP contribution < -0.4 is 4.31 Å².